The van der Waals surface area contributed by atoms with Gasteiger partial charge in [-0.15, -0.1) is 0 Å². The van der Waals surface area contributed by atoms with E-state index in [0.29, 0.717) is 6.73 Å². The van der Waals surface area contributed by atoms with E-state index in [1.807, 2.05) is 48.4 Å². The smallest absolute Gasteiger partial charge is 0.123 e. The first kappa shape index (κ1) is 17.6. The Bertz CT molecular complexity index is 621. The van der Waals surface area contributed by atoms with Crippen molar-refractivity contribution in [3.05, 3.63) is 42.5 Å². The summed E-state index contributed by atoms with van der Waals surface area (Å²) in [6.45, 7) is 9.21. The van der Waals surface area contributed by atoms with Crippen LogP contribution in [0.3, 0.4) is 0 Å². The van der Waals surface area contributed by atoms with Crippen molar-refractivity contribution < 1.29 is 4.74 Å². The van der Waals surface area contributed by atoms with E-state index >= 15 is 0 Å². The summed E-state index contributed by atoms with van der Waals surface area (Å²) in [5.41, 5.74) is 8.71. The van der Waals surface area contributed by atoms with Gasteiger partial charge in [0.1, 0.15) is 6.73 Å². The molecule has 2 N–H and O–H groups in total. The second-order valence-electron chi connectivity index (χ2n) is 7.18. The van der Waals surface area contributed by atoms with Crippen molar-refractivity contribution in [2.45, 2.75) is 39.0 Å². The van der Waals surface area contributed by atoms with Gasteiger partial charge in [-0.3, -0.25) is 0 Å². The maximum atomic E-state index is 5.83. The van der Waals surface area contributed by atoms with E-state index < -0.39 is 8.07 Å². The minimum atomic E-state index is -1.02. The third-order valence-corrected chi connectivity index (χ3v) is 5.34. The normalized spacial score (nSPS) is 11.7. The van der Waals surface area contributed by atoms with Crippen LogP contribution in [0.1, 0.15) is 5.69 Å². The van der Waals surface area contributed by atoms with Gasteiger partial charge in [0.2, 0.25) is 0 Å². The zero-order chi connectivity index (χ0) is 16.9. The number of hydrogen-bond donors (Lipinski definition) is 1. The van der Waals surface area contributed by atoms with Crippen LogP contribution in [-0.4, -0.2) is 31.3 Å². The number of rotatable bonds is 8. The maximum absolute atomic E-state index is 5.83. The number of imidazole rings is 1. The largest absolute Gasteiger partial charge is 0.399 e. The Morgan fingerprint density at radius 3 is 2.78 bits per heavy atom. The summed E-state index contributed by atoms with van der Waals surface area (Å²) >= 11 is 0. The lowest BCUT2D eigenvalue weighted by atomic mass is 10.2. The molecule has 1 aromatic carbocycles. The number of anilines is 2. The second-order valence-corrected chi connectivity index (χ2v) is 12.8. The third-order valence-electron chi connectivity index (χ3n) is 3.63. The van der Waals surface area contributed by atoms with Gasteiger partial charge in [0.15, 0.2) is 0 Å². The second kappa shape index (κ2) is 7.65. The van der Waals surface area contributed by atoms with Crippen molar-refractivity contribution in [1.82, 2.24) is 9.55 Å². The van der Waals surface area contributed by atoms with Crippen LogP contribution in [0, 0.1) is 0 Å². The first-order valence-electron chi connectivity index (χ1n) is 7.98. The highest BCUT2D eigenvalue weighted by Gasteiger charge is 2.12. The van der Waals surface area contributed by atoms with Crippen molar-refractivity contribution in [1.29, 1.82) is 0 Å². The molecule has 0 spiro atoms. The molecule has 1 heterocycles. The molecular formula is C17H28N4OSi. The maximum Gasteiger partial charge on any atom is 0.123 e. The fourth-order valence-corrected chi connectivity index (χ4v) is 2.96. The molecule has 0 amide bonds. The summed E-state index contributed by atoms with van der Waals surface area (Å²) in [6, 6.07) is 9.06. The van der Waals surface area contributed by atoms with Crippen molar-refractivity contribution >= 4 is 19.4 Å². The molecular weight excluding hydrogens is 304 g/mol. The van der Waals surface area contributed by atoms with Crippen molar-refractivity contribution in [2.75, 3.05) is 24.3 Å². The monoisotopic (exact) mass is 332 g/mol. The highest BCUT2D eigenvalue weighted by atomic mass is 28.3. The molecule has 0 fully saturated rings. The molecule has 0 saturated carbocycles. The summed E-state index contributed by atoms with van der Waals surface area (Å²) in [6.07, 6.45) is 3.87. The number of ether oxygens (including phenoxy) is 1. The number of aromatic nitrogens is 2. The van der Waals surface area contributed by atoms with E-state index in [-0.39, 0.29) is 0 Å². The van der Waals surface area contributed by atoms with E-state index in [1.54, 1.807) is 0 Å². The van der Waals surface area contributed by atoms with E-state index in [0.717, 1.165) is 30.2 Å². The Kier molecular flexibility index (Phi) is 5.84. The van der Waals surface area contributed by atoms with Crippen LogP contribution < -0.4 is 10.6 Å². The van der Waals surface area contributed by atoms with Crippen LogP contribution in [0.5, 0.6) is 0 Å². The van der Waals surface area contributed by atoms with Crippen LogP contribution >= 0.6 is 0 Å². The molecule has 126 valence electrons. The Morgan fingerprint density at radius 1 is 1.30 bits per heavy atom. The molecule has 23 heavy (non-hydrogen) atoms. The average Bonchev–Trinajstić information content (AvgIpc) is 2.90. The predicted octanol–water partition coefficient (Wildman–Crippen LogP) is 3.41. The number of nitrogens with two attached hydrogens (primary N) is 1. The molecule has 0 aliphatic rings. The lowest BCUT2D eigenvalue weighted by Gasteiger charge is -2.18. The molecule has 1 aromatic heterocycles. The number of benzene rings is 1. The summed E-state index contributed by atoms with van der Waals surface area (Å²) in [5.74, 6) is 0. The van der Waals surface area contributed by atoms with Gasteiger partial charge in [0.25, 0.3) is 0 Å². The Balaban J connectivity index is 1.82. The predicted molar refractivity (Wildman–Crippen MR) is 99.3 cm³/mol. The number of hydrogen-bond acceptors (Lipinski definition) is 4. The van der Waals surface area contributed by atoms with Gasteiger partial charge in [-0.2, -0.15) is 0 Å². The van der Waals surface area contributed by atoms with Crippen LogP contribution in [0.4, 0.5) is 11.4 Å². The molecule has 0 atom stereocenters. The van der Waals surface area contributed by atoms with Crippen molar-refractivity contribution in [3.63, 3.8) is 0 Å². The summed E-state index contributed by atoms with van der Waals surface area (Å²) in [5, 5.41) is 0. The van der Waals surface area contributed by atoms with Crippen LogP contribution in [0.2, 0.25) is 25.7 Å². The topological polar surface area (TPSA) is 56.3 Å². The highest BCUT2D eigenvalue weighted by Crippen LogP contribution is 2.17. The van der Waals surface area contributed by atoms with Crippen molar-refractivity contribution in [3.8, 4) is 0 Å². The Labute approximate surface area is 140 Å². The molecule has 0 aliphatic heterocycles. The van der Waals surface area contributed by atoms with Gasteiger partial charge in [-0.05, 0) is 24.2 Å². The quantitative estimate of drug-likeness (QED) is 0.457. The van der Waals surface area contributed by atoms with E-state index in [9.17, 15) is 0 Å². The molecule has 0 radical (unpaired) electrons. The number of nitrogens with zero attached hydrogens (tertiary/aromatic N) is 3. The lowest BCUT2D eigenvalue weighted by molar-refractivity contribution is 0.0871. The molecule has 6 heteroatoms. The fourth-order valence-electron chi connectivity index (χ4n) is 2.20. The molecule has 5 nitrogen and oxygen atoms in total. The van der Waals surface area contributed by atoms with E-state index in [4.69, 9.17) is 10.5 Å². The number of nitrogen functional groups attached to an aromatic ring is 1. The van der Waals surface area contributed by atoms with Gasteiger partial charge >= 0.3 is 0 Å². The van der Waals surface area contributed by atoms with Gasteiger partial charge in [0.05, 0.1) is 18.6 Å². The Hall–Kier alpha value is -1.79. The summed E-state index contributed by atoms with van der Waals surface area (Å²) in [4.78, 5) is 6.58. The zero-order valence-corrected chi connectivity index (χ0v) is 15.6. The van der Waals surface area contributed by atoms with Crippen molar-refractivity contribution in [2.24, 2.45) is 0 Å². The average molecular weight is 333 g/mol. The molecule has 0 aliphatic carbocycles. The SMILES string of the molecule is CN(Cc1cn(COCC[Si](C)(C)C)cn1)c1cccc(N)c1. The first-order chi connectivity index (χ1) is 10.8. The molecule has 0 bridgehead atoms. The van der Waals surface area contributed by atoms with Gasteiger partial charge in [0, 0.05) is 39.3 Å². The van der Waals surface area contributed by atoms with Gasteiger partial charge in [-0.1, -0.05) is 25.7 Å². The van der Waals surface area contributed by atoms with Crippen LogP contribution in [0.25, 0.3) is 0 Å². The fraction of sp³-hybridized carbons (Fsp3) is 0.471. The third kappa shape index (κ3) is 6.07. The van der Waals surface area contributed by atoms with E-state index in [2.05, 4.69) is 29.5 Å². The van der Waals surface area contributed by atoms with Gasteiger partial charge in [-0.25, -0.2) is 4.98 Å². The Morgan fingerprint density at radius 2 is 2.09 bits per heavy atom. The molecule has 2 rings (SSSR count). The minimum Gasteiger partial charge on any atom is -0.399 e. The minimum absolute atomic E-state index is 0.569. The van der Waals surface area contributed by atoms with Crippen LogP contribution in [-0.2, 0) is 18.0 Å². The summed E-state index contributed by atoms with van der Waals surface area (Å²) in [7, 11) is 1.02. The first-order valence-corrected chi connectivity index (χ1v) is 11.7. The zero-order valence-electron chi connectivity index (χ0n) is 14.6. The van der Waals surface area contributed by atoms with Crippen LogP contribution in [0.15, 0.2) is 36.8 Å². The lowest BCUT2D eigenvalue weighted by Crippen LogP contribution is -2.21. The summed E-state index contributed by atoms with van der Waals surface area (Å²) < 4.78 is 7.73. The molecule has 2 aromatic rings. The van der Waals surface area contributed by atoms with Gasteiger partial charge < -0.3 is 19.9 Å². The highest BCUT2D eigenvalue weighted by molar-refractivity contribution is 6.76. The van der Waals surface area contributed by atoms with E-state index in [1.165, 1.54) is 6.04 Å². The standard InChI is InChI=1S/C17H28N4OSi/c1-20(17-7-5-6-15(18)10-17)11-16-12-21(13-19-16)14-22-8-9-23(2,3)4/h5-7,10,12-13H,8-9,11,14,18H2,1-4H3. The molecule has 0 saturated heterocycles. The molecule has 0 unspecified atom stereocenters.